The van der Waals surface area contributed by atoms with Gasteiger partial charge in [0, 0.05) is 12.1 Å². The standard InChI is InChI=1S/C19H25N3O2S.C9H12N2O2S.ClH/c1-15(2)21-18-11-7-8-12-19(18)22(25(21,23)24)17(13-14-20-3)16-9-5-4-6-10-16;1-7(2)11-9-6-4-3-5-8(9)10-14(11,12)13;/h4-12,15,17,20H,13-14H2,1-3H3;3-7,10H,1-2H3;1H/t17-;;/m1../s1. The Morgan fingerprint density at radius 1 is 0.700 bits per heavy atom. The zero-order valence-electron chi connectivity index (χ0n) is 23.4. The van der Waals surface area contributed by atoms with Crippen molar-refractivity contribution in [2.75, 3.05) is 31.2 Å². The topological polar surface area (TPSA) is 102 Å². The molecule has 3 aromatic rings. The van der Waals surface area contributed by atoms with Gasteiger partial charge in [-0.3, -0.25) is 4.72 Å². The number of fused-ring (bicyclic) bond motifs is 2. The van der Waals surface area contributed by atoms with E-state index in [9.17, 15) is 16.8 Å². The van der Waals surface area contributed by atoms with Crippen LogP contribution in [0.3, 0.4) is 0 Å². The number of rotatable bonds is 7. The van der Waals surface area contributed by atoms with Crippen LogP contribution in [0.25, 0.3) is 0 Å². The zero-order valence-corrected chi connectivity index (χ0v) is 25.8. The molecule has 0 unspecified atom stereocenters. The van der Waals surface area contributed by atoms with Gasteiger partial charge < -0.3 is 5.32 Å². The molecule has 0 spiro atoms. The van der Waals surface area contributed by atoms with Crippen molar-refractivity contribution >= 4 is 55.6 Å². The van der Waals surface area contributed by atoms with E-state index in [1.165, 1.54) is 8.61 Å². The molecule has 0 radical (unpaired) electrons. The third-order valence-corrected chi connectivity index (χ3v) is 10.2. The van der Waals surface area contributed by atoms with Crippen LogP contribution in [0.1, 0.15) is 45.7 Å². The number of para-hydroxylation sites is 4. The van der Waals surface area contributed by atoms with Gasteiger partial charge in [0.05, 0.1) is 28.8 Å². The maximum atomic E-state index is 13.4. The summed E-state index contributed by atoms with van der Waals surface area (Å²) in [7, 11) is -5.10. The Morgan fingerprint density at radius 3 is 1.75 bits per heavy atom. The van der Waals surface area contributed by atoms with Crippen molar-refractivity contribution in [2.24, 2.45) is 0 Å². The number of hydrogen-bond donors (Lipinski definition) is 2. The van der Waals surface area contributed by atoms with E-state index in [1.54, 1.807) is 16.4 Å². The van der Waals surface area contributed by atoms with Gasteiger partial charge in [-0.1, -0.05) is 54.6 Å². The Morgan fingerprint density at radius 2 is 1.20 bits per heavy atom. The van der Waals surface area contributed by atoms with Crippen molar-refractivity contribution in [1.82, 2.24) is 5.32 Å². The molecule has 3 aromatic carbocycles. The monoisotopic (exact) mass is 607 g/mol. The number of halogens is 1. The lowest BCUT2D eigenvalue weighted by Crippen LogP contribution is -2.43. The summed E-state index contributed by atoms with van der Waals surface area (Å²) >= 11 is 0. The van der Waals surface area contributed by atoms with Gasteiger partial charge in [0.1, 0.15) is 0 Å². The maximum absolute atomic E-state index is 13.4. The average Bonchev–Trinajstić information content (AvgIpc) is 3.30. The largest absolute Gasteiger partial charge is 0.327 e. The molecule has 2 heterocycles. The van der Waals surface area contributed by atoms with Crippen LogP contribution in [0.5, 0.6) is 0 Å². The Balaban J connectivity index is 0.000000250. The molecule has 0 saturated carbocycles. The minimum absolute atomic E-state index is 0. The lowest BCUT2D eigenvalue weighted by Gasteiger charge is -2.31. The first-order valence-electron chi connectivity index (χ1n) is 13.0. The Kier molecular flexibility index (Phi) is 9.99. The van der Waals surface area contributed by atoms with E-state index in [2.05, 4.69) is 10.0 Å². The molecule has 12 heteroatoms. The molecule has 0 aliphatic carbocycles. The minimum Gasteiger partial charge on any atom is -0.320 e. The van der Waals surface area contributed by atoms with E-state index in [4.69, 9.17) is 0 Å². The molecule has 9 nitrogen and oxygen atoms in total. The van der Waals surface area contributed by atoms with Crippen LogP contribution in [0.4, 0.5) is 22.7 Å². The zero-order chi connectivity index (χ0) is 28.4. The molecule has 1 atom stereocenters. The van der Waals surface area contributed by atoms with Gasteiger partial charge >= 0.3 is 20.4 Å². The van der Waals surface area contributed by atoms with E-state index in [1.807, 2.05) is 101 Å². The third kappa shape index (κ3) is 6.02. The van der Waals surface area contributed by atoms with Crippen molar-refractivity contribution < 1.29 is 16.8 Å². The van der Waals surface area contributed by atoms with Crippen molar-refractivity contribution in [3.05, 3.63) is 84.4 Å². The van der Waals surface area contributed by atoms with Gasteiger partial charge in [-0.05, 0) is 77.5 Å². The molecule has 218 valence electrons. The lowest BCUT2D eigenvalue weighted by molar-refractivity contribution is 0.558. The highest BCUT2D eigenvalue weighted by atomic mass is 35.5. The first kappa shape index (κ1) is 31.5. The van der Waals surface area contributed by atoms with Gasteiger partial charge in [-0.2, -0.15) is 16.8 Å². The van der Waals surface area contributed by atoms with Crippen LogP contribution in [0.15, 0.2) is 78.9 Å². The number of hydrogen-bond acceptors (Lipinski definition) is 5. The fourth-order valence-corrected chi connectivity index (χ4v) is 8.65. The quantitative estimate of drug-likeness (QED) is 0.379. The molecule has 0 fully saturated rings. The third-order valence-electron chi connectivity index (χ3n) is 6.57. The minimum atomic E-state index is -3.63. The van der Waals surface area contributed by atoms with Crippen molar-refractivity contribution in [3.63, 3.8) is 0 Å². The van der Waals surface area contributed by atoms with Crippen LogP contribution in [-0.2, 0) is 20.4 Å². The smallest absolute Gasteiger partial charge is 0.320 e. The fourth-order valence-electron chi connectivity index (χ4n) is 5.05. The average molecular weight is 608 g/mol. The molecule has 2 aliphatic heterocycles. The molecular weight excluding hydrogens is 570 g/mol. The summed E-state index contributed by atoms with van der Waals surface area (Å²) in [5, 5.41) is 3.14. The van der Waals surface area contributed by atoms with Crippen LogP contribution < -0.4 is 23.0 Å². The SMILES string of the molecule is CC(C)N1c2ccccc2NS1(=O)=O.CNCC[C@H](c1ccccc1)N1c2ccccc2N(C(C)C)S1(=O)=O.Cl. The summed E-state index contributed by atoms with van der Waals surface area (Å²) < 4.78 is 57.2. The molecule has 2 aliphatic rings. The van der Waals surface area contributed by atoms with Gasteiger partial charge in [0.15, 0.2) is 0 Å². The van der Waals surface area contributed by atoms with Gasteiger partial charge in [-0.15, -0.1) is 12.4 Å². The van der Waals surface area contributed by atoms with E-state index < -0.39 is 20.4 Å². The second kappa shape index (κ2) is 12.7. The lowest BCUT2D eigenvalue weighted by atomic mass is 10.0. The summed E-state index contributed by atoms with van der Waals surface area (Å²) in [5.74, 6) is 0. The first-order chi connectivity index (χ1) is 18.5. The second-order valence-corrected chi connectivity index (χ2v) is 13.2. The molecular formula is C28H38ClN5O4S2. The maximum Gasteiger partial charge on any atom is 0.327 e. The molecule has 2 N–H and O–H groups in total. The Bertz CT molecular complexity index is 1500. The second-order valence-electron chi connectivity index (χ2n) is 10.0. The van der Waals surface area contributed by atoms with Gasteiger partial charge in [-0.25, -0.2) is 12.9 Å². The van der Waals surface area contributed by atoms with Crippen molar-refractivity contribution in [1.29, 1.82) is 0 Å². The van der Waals surface area contributed by atoms with Crippen LogP contribution in [0, 0.1) is 0 Å². The Labute approximate surface area is 245 Å². The van der Waals surface area contributed by atoms with E-state index in [0.717, 1.165) is 29.2 Å². The summed E-state index contributed by atoms with van der Waals surface area (Å²) in [4.78, 5) is 0. The number of nitrogens with one attached hydrogen (secondary N) is 2. The molecule has 0 bridgehead atoms. The molecule has 0 aromatic heterocycles. The highest BCUT2D eigenvalue weighted by Crippen LogP contribution is 2.47. The first-order valence-corrected chi connectivity index (χ1v) is 15.9. The number of anilines is 4. The normalized spacial score (nSPS) is 16.9. The van der Waals surface area contributed by atoms with E-state index in [-0.39, 0.29) is 30.5 Å². The molecule has 40 heavy (non-hydrogen) atoms. The molecule has 0 saturated heterocycles. The van der Waals surface area contributed by atoms with Crippen LogP contribution >= 0.6 is 12.4 Å². The van der Waals surface area contributed by atoms with Gasteiger partial charge in [0.25, 0.3) is 0 Å². The predicted molar refractivity (Wildman–Crippen MR) is 167 cm³/mol. The Hall–Kier alpha value is -2.99. The predicted octanol–water partition coefficient (Wildman–Crippen LogP) is 5.31. The van der Waals surface area contributed by atoms with Crippen molar-refractivity contribution in [2.45, 2.75) is 52.2 Å². The molecule has 5 rings (SSSR count). The molecule has 0 amide bonds. The number of nitrogens with zero attached hydrogens (tertiary/aromatic N) is 3. The van der Waals surface area contributed by atoms with Crippen LogP contribution in [0.2, 0.25) is 0 Å². The number of benzene rings is 3. The van der Waals surface area contributed by atoms with Crippen molar-refractivity contribution in [3.8, 4) is 0 Å². The highest BCUT2D eigenvalue weighted by Gasteiger charge is 2.45. The summed E-state index contributed by atoms with van der Waals surface area (Å²) in [5.41, 5.74) is 3.88. The van der Waals surface area contributed by atoms with E-state index in [0.29, 0.717) is 12.1 Å². The highest BCUT2D eigenvalue weighted by molar-refractivity contribution is 7.95. The van der Waals surface area contributed by atoms with Gasteiger partial charge in [0.2, 0.25) is 0 Å². The van der Waals surface area contributed by atoms with Crippen LogP contribution in [-0.4, -0.2) is 42.5 Å². The summed E-state index contributed by atoms with van der Waals surface area (Å²) in [6.07, 6.45) is 0.694. The summed E-state index contributed by atoms with van der Waals surface area (Å²) in [6.45, 7) is 8.24. The fraction of sp³-hybridized carbons (Fsp3) is 0.357. The van der Waals surface area contributed by atoms with E-state index >= 15 is 0 Å². The summed E-state index contributed by atoms with van der Waals surface area (Å²) in [6, 6.07) is 24.1.